The number of nitrogens with two attached hydrogens (primary N) is 1. The van der Waals surface area contributed by atoms with E-state index in [-0.39, 0.29) is 17.4 Å². The minimum atomic E-state index is -2.89. The summed E-state index contributed by atoms with van der Waals surface area (Å²) in [5, 5.41) is 0. The molecule has 0 aliphatic carbocycles. The van der Waals surface area contributed by atoms with Gasteiger partial charge in [-0.2, -0.15) is 8.78 Å². The van der Waals surface area contributed by atoms with Crippen LogP contribution >= 0.6 is 11.3 Å². The van der Waals surface area contributed by atoms with Gasteiger partial charge in [-0.3, -0.25) is 4.79 Å². The van der Waals surface area contributed by atoms with E-state index >= 15 is 0 Å². The average molecular weight is 270 g/mol. The van der Waals surface area contributed by atoms with Gasteiger partial charge in [0, 0.05) is 5.56 Å². The molecule has 18 heavy (non-hydrogen) atoms. The Hall–Kier alpha value is -2.02. The molecule has 0 aliphatic heterocycles. The van der Waals surface area contributed by atoms with Crippen LogP contribution in [0.5, 0.6) is 5.75 Å². The van der Waals surface area contributed by atoms with Gasteiger partial charge < -0.3 is 10.5 Å². The molecule has 4 nitrogen and oxygen atoms in total. The van der Waals surface area contributed by atoms with Gasteiger partial charge in [0.25, 0.3) is 0 Å². The Balaban J connectivity index is 2.20. The molecule has 2 rings (SSSR count). The number of ether oxygens (including phenoxy) is 1. The maximum Gasteiger partial charge on any atom is 0.387 e. The molecule has 1 aromatic heterocycles. The van der Waals surface area contributed by atoms with Gasteiger partial charge in [-0.1, -0.05) is 0 Å². The lowest BCUT2D eigenvalue weighted by molar-refractivity contribution is -0.0498. The number of ketones is 1. The van der Waals surface area contributed by atoms with Gasteiger partial charge in [-0.05, 0) is 24.3 Å². The Morgan fingerprint density at radius 2 is 2.00 bits per heavy atom. The highest BCUT2D eigenvalue weighted by atomic mass is 32.1. The number of hydrogen-bond acceptors (Lipinski definition) is 5. The second kappa shape index (κ2) is 5.09. The summed E-state index contributed by atoms with van der Waals surface area (Å²) >= 11 is 1.13. The van der Waals surface area contributed by atoms with E-state index in [0.717, 1.165) is 11.3 Å². The average Bonchev–Trinajstić information content (AvgIpc) is 2.75. The minimum Gasteiger partial charge on any atom is -0.435 e. The lowest BCUT2D eigenvalue weighted by Gasteiger charge is -2.04. The van der Waals surface area contributed by atoms with Crippen LogP contribution in [0, 0.1) is 0 Å². The normalized spacial score (nSPS) is 10.6. The van der Waals surface area contributed by atoms with Crippen LogP contribution < -0.4 is 10.5 Å². The van der Waals surface area contributed by atoms with Gasteiger partial charge >= 0.3 is 6.61 Å². The number of rotatable bonds is 4. The van der Waals surface area contributed by atoms with Crippen molar-refractivity contribution in [3.63, 3.8) is 0 Å². The lowest BCUT2D eigenvalue weighted by Crippen LogP contribution is -2.04. The van der Waals surface area contributed by atoms with Gasteiger partial charge in [0.1, 0.15) is 16.4 Å². The molecular formula is C11H8F2N2O2S. The van der Waals surface area contributed by atoms with Gasteiger partial charge in [-0.25, -0.2) is 4.98 Å². The molecule has 2 N–H and O–H groups in total. The minimum absolute atomic E-state index is 0.00109. The van der Waals surface area contributed by atoms with Crippen LogP contribution in [0.3, 0.4) is 0 Å². The predicted octanol–water partition coefficient (Wildman–Crippen LogP) is 2.56. The Labute approximate surface area is 105 Å². The summed E-state index contributed by atoms with van der Waals surface area (Å²) in [5.41, 5.74) is 7.34. The van der Waals surface area contributed by atoms with Crippen molar-refractivity contribution in [1.29, 1.82) is 0 Å². The maximum absolute atomic E-state index is 12.0. The van der Waals surface area contributed by atoms with Gasteiger partial charge in [0.2, 0.25) is 5.78 Å². The fourth-order valence-corrected chi connectivity index (χ4v) is 2.01. The molecule has 0 spiro atoms. The third-order valence-corrected chi connectivity index (χ3v) is 2.98. The molecule has 0 amide bonds. The second-order valence-corrected chi connectivity index (χ2v) is 4.15. The number of benzene rings is 1. The van der Waals surface area contributed by atoms with E-state index in [2.05, 4.69) is 9.72 Å². The molecule has 0 saturated heterocycles. The van der Waals surface area contributed by atoms with Crippen LogP contribution in [0.1, 0.15) is 15.2 Å². The summed E-state index contributed by atoms with van der Waals surface area (Å²) in [4.78, 5) is 16.1. The molecule has 0 unspecified atom stereocenters. The first-order chi connectivity index (χ1) is 8.58. The Morgan fingerprint density at radius 1 is 1.33 bits per heavy atom. The second-order valence-electron chi connectivity index (χ2n) is 3.30. The number of anilines is 1. The molecule has 0 aliphatic rings. The molecule has 94 valence electrons. The number of thiazole rings is 1. The Morgan fingerprint density at radius 3 is 2.50 bits per heavy atom. The monoisotopic (exact) mass is 270 g/mol. The first-order valence-corrected chi connectivity index (χ1v) is 5.74. The quantitative estimate of drug-likeness (QED) is 0.867. The highest BCUT2D eigenvalue weighted by molar-refractivity contribution is 7.12. The van der Waals surface area contributed by atoms with Gasteiger partial charge in [0.05, 0.1) is 5.51 Å². The first-order valence-electron chi connectivity index (χ1n) is 4.86. The van der Waals surface area contributed by atoms with Crippen LogP contribution in [0.25, 0.3) is 0 Å². The molecule has 1 aromatic carbocycles. The molecule has 0 radical (unpaired) electrons. The third-order valence-electron chi connectivity index (χ3n) is 2.14. The summed E-state index contributed by atoms with van der Waals surface area (Å²) < 4.78 is 28.1. The summed E-state index contributed by atoms with van der Waals surface area (Å²) in [7, 11) is 0. The zero-order chi connectivity index (χ0) is 13.1. The number of alkyl halides is 2. The number of carbonyl (C=O) groups is 1. The van der Waals surface area contributed by atoms with Crippen molar-refractivity contribution in [2.24, 2.45) is 0 Å². The number of hydrogen-bond donors (Lipinski definition) is 1. The van der Waals surface area contributed by atoms with E-state index in [9.17, 15) is 13.6 Å². The highest BCUT2D eigenvalue weighted by Gasteiger charge is 2.15. The van der Waals surface area contributed by atoms with E-state index < -0.39 is 6.61 Å². The van der Waals surface area contributed by atoms with Crippen molar-refractivity contribution in [1.82, 2.24) is 4.98 Å². The first kappa shape index (κ1) is 12.4. The summed E-state index contributed by atoms with van der Waals surface area (Å²) in [6.07, 6.45) is 0. The molecule has 7 heteroatoms. The van der Waals surface area contributed by atoms with Gasteiger partial charge in [0.15, 0.2) is 0 Å². The maximum atomic E-state index is 12.0. The van der Waals surface area contributed by atoms with E-state index in [1.165, 1.54) is 29.8 Å². The number of nitrogen functional groups attached to an aromatic ring is 1. The van der Waals surface area contributed by atoms with Crippen molar-refractivity contribution < 1.29 is 18.3 Å². The van der Waals surface area contributed by atoms with E-state index in [0.29, 0.717) is 10.4 Å². The molecule has 0 fully saturated rings. The standard InChI is InChI=1S/C11H8F2N2O2S/c12-11(13)17-7-3-1-6(2-4-7)8(16)9-10(14)15-5-18-9/h1-5,11H,14H2. The zero-order valence-corrected chi connectivity index (χ0v) is 9.79. The zero-order valence-electron chi connectivity index (χ0n) is 8.97. The SMILES string of the molecule is Nc1ncsc1C(=O)c1ccc(OC(F)F)cc1. The van der Waals surface area contributed by atoms with Crippen LogP contribution in [0.2, 0.25) is 0 Å². The third kappa shape index (κ3) is 2.62. The molecule has 0 atom stereocenters. The Bertz CT molecular complexity index is 554. The molecule has 0 saturated carbocycles. The van der Waals surface area contributed by atoms with Crippen molar-refractivity contribution in [3.05, 3.63) is 40.2 Å². The van der Waals surface area contributed by atoms with Crippen LogP contribution in [-0.4, -0.2) is 17.4 Å². The molecule has 0 bridgehead atoms. The molecular weight excluding hydrogens is 262 g/mol. The number of aromatic nitrogens is 1. The van der Waals surface area contributed by atoms with Crippen LogP contribution in [0.4, 0.5) is 14.6 Å². The Kier molecular flexibility index (Phi) is 3.52. The van der Waals surface area contributed by atoms with E-state index in [1.54, 1.807) is 0 Å². The highest BCUT2D eigenvalue weighted by Crippen LogP contribution is 2.22. The predicted molar refractivity (Wildman–Crippen MR) is 63.0 cm³/mol. The van der Waals surface area contributed by atoms with Crippen molar-refractivity contribution in [3.8, 4) is 5.75 Å². The summed E-state index contributed by atoms with van der Waals surface area (Å²) in [6, 6.07) is 5.41. The smallest absolute Gasteiger partial charge is 0.387 e. The van der Waals surface area contributed by atoms with Crippen molar-refractivity contribution in [2.75, 3.05) is 5.73 Å². The number of carbonyl (C=O) groups excluding carboxylic acids is 1. The van der Waals surface area contributed by atoms with Crippen LogP contribution in [-0.2, 0) is 0 Å². The fourth-order valence-electron chi connectivity index (χ4n) is 1.34. The molecule has 1 heterocycles. The number of nitrogens with zero attached hydrogens (tertiary/aromatic N) is 1. The fraction of sp³-hybridized carbons (Fsp3) is 0.0909. The topological polar surface area (TPSA) is 65.2 Å². The van der Waals surface area contributed by atoms with Crippen LogP contribution in [0.15, 0.2) is 29.8 Å². The van der Waals surface area contributed by atoms with Crippen molar-refractivity contribution >= 4 is 22.9 Å². The summed E-state index contributed by atoms with van der Waals surface area (Å²) in [6.45, 7) is -2.89. The molecule has 2 aromatic rings. The van der Waals surface area contributed by atoms with E-state index in [1.807, 2.05) is 0 Å². The lowest BCUT2D eigenvalue weighted by atomic mass is 10.1. The number of halogens is 2. The van der Waals surface area contributed by atoms with E-state index in [4.69, 9.17) is 5.73 Å². The summed E-state index contributed by atoms with van der Waals surface area (Å²) in [5.74, 6) is -0.129. The van der Waals surface area contributed by atoms with Crippen molar-refractivity contribution in [2.45, 2.75) is 6.61 Å². The van der Waals surface area contributed by atoms with Gasteiger partial charge in [-0.15, -0.1) is 11.3 Å². The largest absolute Gasteiger partial charge is 0.435 e.